The lowest BCUT2D eigenvalue weighted by molar-refractivity contribution is 0.00744. The molecule has 0 unspecified atom stereocenters. The molecule has 4 bridgehead atoms. The quantitative estimate of drug-likeness (QED) is 0.855. The van der Waals surface area contributed by atoms with Crippen molar-refractivity contribution in [3.8, 4) is 0 Å². The van der Waals surface area contributed by atoms with Gasteiger partial charge in [-0.15, -0.1) is 0 Å². The molecule has 0 aliphatic heterocycles. The van der Waals surface area contributed by atoms with Crippen molar-refractivity contribution < 1.29 is 0 Å². The second-order valence-electron chi connectivity index (χ2n) is 6.99. The zero-order chi connectivity index (χ0) is 13.0. The molecule has 0 atom stereocenters. The highest BCUT2D eigenvalue weighted by Crippen LogP contribution is 2.54. The van der Waals surface area contributed by atoms with Crippen LogP contribution in [0.5, 0.6) is 0 Å². The zero-order valence-corrected chi connectivity index (χ0v) is 11.6. The number of anilines is 2. The van der Waals surface area contributed by atoms with E-state index in [1.807, 2.05) is 12.3 Å². The van der Waals surface area contributed by atoms with Gasteiger partial charge in [-0.05, 0) is 74.3 Å². The number of rotatable bonds is 2. The Kier molecular flexibility index (Phi) is 2.51. The molecule has 4 saturated carbocycles. The van der Waals surface area contributed by atoms with Gasteiger partial charge >= 0.3 is 0 Å². The number of hydrogen-bond acceptors (Lipinski definition) is 3. The van der Waals surface area contributed by atoms with Crippen molar-refractivity contribution in [1.82, 2.24) is 4.98 Å². The van der Waals surface area contributed by atoms with Crippen LogP contribution in [0.25, 0.3) is 0 Å². The van der Waals surface area contributed by atoms with Gasteiger partial charge in [-0.3, -0.25) is 0 Å². The summed E-state index contributed by atoms with van der Waals surface area (Å²) in [5.41, 5.74) is 8.12. The Morgan fingerprint density at radius 2 is 1.74 bits per heavy atom. The van der Waals surface area contributed by atoms with E-state index in [1.54, 1.807) is 0 Å². The van der Waals surface area contributed by atoms with Gasteiger partial charge < -0.3 is 11.1 Å². The van der Waals surface area contributed by atoms with Crippen molar-refractivity contribution in [2.75, 3.05) is 11.1 Å². The number of hydrogen-bond donors (Lipinski definition) is 2. The average molecular weight is 257 g/mol. The first kappa shape index (κ1) is 11.6. The molecule has 1 aromatic heterocycles. The highest BCUT2D eigenvalue weighted by molar-refractivity contribution is 5.65. The summed E-state index contributed by atoms with van der Waals surface area (Å²) >= 11 is 0. The molecule has 0 spiro atoms. The summed E-state index contributed by atoms with van der Waals surface area (Å²) < 4.78 is 0. The summed E-state index contributed by atoms with van der Waals surface area (Å²) in [7, 11) is 0. The number of pyridine rings is 1. The minimum atomic E-state index is 0.615. The summed E-state index contributed by atoms with van der Waals surface area (Å²) in [5.74, 6) is 4.67. The van der Waals surface area contributed by atoms with Crippen molar-refractivity contribution in [3.05, 3.63) is 17.8 Å². The summed E-state index contributed by atoms with van der Waals surface area (Å²) in [4.78, 5) is 4.45. The van der Waals surface area contributed by atoms with Crippen molar-refractivity contribution in [2.24, 2.45) is 23.7 Å². The van der Waals surface area contributed by atoms with Crippen LogP contribution in [0.1, 0.15) is 37.7 Å². The average Bonchev–Trinajstić information content (AvgIpc) is 2.38. The Hall–Kier alpha value is -1.25. The molecule has 0 amide bonds. The van der Waals surface area contributed by atoms with Crippen molar-refractivity contribution in [2.45, 2.75) is 45.1 Å². The molecule has 3 heteroatoms. The predicted octanol–water partition coefficient (Wildman–Crippen LogP) is 3.21. The monoisotopic (exact) mass is 257 g/mol. The van der Waals surface area contributed by atoms with E-state index in [-0.39, 0.29) is 0 Å². The molecule has 102 valence electrons. The van der Waals surface area contributed by atoms with Gasteiger partial charge in [0.25, 0.3) is 0 Å². The molecule has 3 nitrogen and oxygen atoms in total. The standard InChI is InChI=1S/C16H23N3/c1-9-2-3-18-16(14(9)17)19-15-12-5-10-4-11(7-12)8-13(15)6-10/h2-3,10-13,15H,4-8,17H2,1H3,(H,18,19). The molecule has 4 aliphatic carbocycles. The Morgan fingerprint density at radius 1 is 1.11 bits per heavy atom. The minimum absolute atomic E-state index is 0.615. The summed E-state index contributed by atoms with van der Waals surface area (Å²) in [6.07, 6.45) is 9.08. The van der Waals surface area contributed by atoms with E-state index in [9.17, 15) is 0 Å². The first-order chi connectivity index (χ1) is 9.20. The second kappa shape index (κ2) is 4.12. The Labute approximate surface area is 115 Å². The van der Waals surface area contributed by atoms with E-state index in [0.29, 0.717) is 6.04 Å². The van der Waals surface area contributed by atoms with Gasteiger partial charge in [-0.2, -0.15) is 0 Å². The number of nitrogens with zero attached hydrogens (tertiary/aromatic N) is 1. The highest BCUT2D eigenvalue weighted by Gasteiger charge is 2.48. The van der Waals surface area contributed by atoms with Gasteiger partial charge in [0.2, 0.25) is 0 Å². The zero-order valence-electron chi connectivity index (χ0n) is 11.6. The number of nitrogens with one attached hydrogen (secondary N) is 1. The van der Waals surface area contributed by atoms with Crippen molar-refractivity contribution in [1.29, 1.82) is 0 Å². The lowest BCUT2D eigenvalue weighted by Crippen LogP contribution is -2.51. The van der Waals surface area contributed by atoms with E-state index in [0.717, 1.165) is 40.7 Å². The Morgan fingerprint density at radius 3 is 2.37 bits per heavy atom. The Balaban J connectivity index is 1.58. The predicted molar refractivity (Wildman–Crippen MR) is 77.8 cm³/mol. The number of aryl methyl sites for hydroxylation is 1. The van der Waals surface area contributed by atoms with E-state index in [4.69, 9.17) is 5.73 Å². The van der Waals surface area contributed by atoms with E-state index < -0.39 is 0 Å². The van der Waals surface area contributed by atoms with Crippen LogP contribution in [-0.2, 0) is 0 Å². The maximum atomic E-state index is 6.16. The third kappa shape index (κ3) is 1.82. The molecular weight excluding hydrogens is 234 g/mol. The lowest BCUT2D eigenvalue weighted by atomic mass is 9.54. The molecule has 0 aromatic carbocycles. The van der Waals surface area contributed by atoms with Crippen LogP contribution in [0.3, 0.4) is 0 Å². The molecule has 3 N–H and O–H groups in total. The maximum Gasteiger partial charge on any atom is 0.149 e. The van der Waals surface area contributed by atoms with Gasteiger partial charge in [0.05, 0.1) is 5.69 Å². The van der Waals surface area contributed by atoms with Gasteiger partial charge in [-0.25, -0.2) is 4.98 Å². The normalized spacial score (nSPS) is 39.5. The molecule has 5 rings (SSSR count). The van der Waals surface area contributed by atoms with Crippen LogP contribution in [0.4, 0.5) is 11.5 Å². The highest BCUT2D eigenvalue weighted by atomic mass is 15.0. The maximum absolute atomic E-state index is 6.16. The molecule has 19 heavy (non-hydrogen) atoms. The van der Waals surface area contributed by atoms with Crippen LogP contribution >= 0.6 is 0 Å². The molecular formula is C16H23N3. The fourth-order valence-electron chi connectivity index (χ4n) is 5.00. The number of nitrogens with two attached hydrogens (primary N) is 1. The topological polar surface area (TPSA) is 50.9 Å². The van der Waals surface area contributed by atoms with E-state index >= 15 is 0 Å². The fourth-order valence-corrected chi connectivity index (χ4v) is 5.00. The van der Waals surface area contributed by atoms with Crippen LogP contribution in [-0.4, -0.2) is 11.0 Å². The van der Waals surface area contributed by atoms with Gasteiger partial charge in [-0.1, -0.05) is 0 Å². The smallest absolute Gasteiger partial charge is 0.149 e. The third-order valence-electron chi connectivity index (χ3n) is 5.74. The largest absolute Gasteiger partial charge is 0.396 e. The molecule has 1 aromatic rings. The fraction of sp³-hybridized carbons (Fsp3) is 0.688. The van der Waals surface area contributed by atoms with Crippen LogP contribution in [0.15, 0.2) is 12.3 Å². The molecule has 0 radical (unpaired) electrons. The summed E-state index contributed by atoms with van der Waals surface area (Å²) in [6.45, 7) is 2.05. The van der Waals surface area contributed by atoms with Crippen molar-refractivity contribution >= 4 is 11.5 Å². The molecule has 4 fully saturated rings. The lowest BCUT2D eigenvalue weighted by Gasteiger charge is -2.54. The van der Waals surface area contributed by atoms with Crippen LogP contribution in [0, 0.1) is 30.6 Å². The van der Waals surface area contributed by atoms with Gasteiger partial charge in [0.1, 0.15) is 5.82 Å². The first-order valence-electron chi connectivity index (χ1n) is 7.68. The molecule has 0 saturated heterocycles. The van der Waals surface area contributed by atoms with Crippen LogP contribution in [0.2, 0.25) is 0 Å². The summed E-state index contributed by atoms with van der Waals surface area (Å²) in [6, 6.07) is 2.60. The summed E-state index contributed by atoms with van der Waals surface area (Å²) in [5, 5.41) is 3.70. The first-order valence-corrected chi connectivity index (χ1v) is 7.68. The Bertz CT molecular complexity index is 469. The van der Waals surface area contributed by atoms with Crippen molar-refractivity contribution in [3.63, 3.8) is 0 Å². The number of nitrogen functional groups attached to an aromatic ring is 1. The third-order valence-corrected chi connectivity index (χ3v) is 5.74. The molecule has 1 heterocycles. The number of aromatic nitrogens is 1. The van der Waals surface area contributed by atoms with Gasteiger partial charge in [0, 0.05) is 12.2 Å². The van der Waals surface area contributed by atoms with E-state index in [2.05, 4.69) is 17.2 Å². The van der Waals surface area contributed by atoms with Gasteiger partial charge in [0.15, 0.2) is 0 Å². The van der Waals surface area contributed by atoms with Crippen LogP contribution < -0.4 is 11.1 Å². The minimum Gasteiger partial charge on any atom is -0.396 e. The molecule has 4 aliphatic rings. The van der Waals surface area contributed by atoms with E-state index in [1.165, 1.54) is 32.1 Å². The SMILES string of the molecule is Cc1ccnc(NC2C3CC4CC(C3)CC2C4)c1N. The second-order valence-corrected chi connectivity index (χ2v) is 6.99.